The van der Waals surface area contributed by atoms with E-state index in [4.69, 9.17) is 5.11 Å². The Kier molecular flexibility index (Phi) is 4.65. The van der Waals surface area contributed by atoms with Crippen LogP contribution in [0.3, 0.4) is 0 Å². The van der Waals surface area contributed by atoms with Crippen molar-refractivity contribution in [2.24, 2.45) is 0 Å². The zero-order valence-corrected chi connectivity index (χ0v) is 14.2. The molecule has 2 aromatic heterocycles. The van der Waals surface area contributed by atoms with Crippen molar-refractivity contribution < 1.29 is 18.3 Å². The summed E-state index contributed by atoms with van der Waals surface area (Å²) in [6.45, 7) is 1.75. The Labute approximate surface area is 132 Å². The molecule has 2 rings (SSSR count). The molecule has 0 aliphatic heterocycles. The molecule has 0 aliphatic rings. The van der Waals surface area contributed by atoms with Gasteiger partial charge in [-0.3, -0.25) is 0 Å². The number of halogens is 1. The maximum Gasteiger partial charge on any atom is 0.345 e. The van der Waals surface area contributed by atoms with Crippen molar-refractivity contribution in [2.75, 3.05) is 0 Å². The van der Waals surface area contributed by atoms with E-state index >= 15 is 0 Å². The number of hydrogen-bond acceptors (Lipinski definition) is 5. The maximum atomic E-state index is 12.2. The van der Waals surface area contributed by atoms with Gasteiger partial charge in [-0.05, 0) is 40.4 Å². The van der Waals surface area contributed by atoms with Crippen molar-refractivity contribution in [1.29, 1.82) is 0 Å². The number of carboxylic acids is 1. The van der Waals surface area contributed by atoms with Gasteiger partial charge in [-0.1, -0.05) is 0 Å². The van der Waals surface area contributed by atoms with Crippen molar-refractivity contribution in [3.05, 3.63) is 36.6 Å². The molecule has 0 radical (unpaired) electrons. The fourth-order valence-electron chi connectivity index (χ4n) is 1.53. The first kappa shape index (κ1) is 15.6. The Hall–Kier alpha value is -0.740. The van der Waals surface area contributed by atoms with Crippen LogP contribution in [0, 0.1) is 6.92 Å². The number of aromatic carboxylic acids is 1. The van der Waals surface area contributed by atoms with Crippen molar-refractivity contribution in [2.45, 2.75) is 18.4 Å². The predicted octanol–water partition coefficient (Wildman–Crippen LogP) is 3.06. The highest BCUT2D eigenvalue weighted by atomic mass is 79.9. The van der Waals surface area contributed by atoms with E-state index in [9.17, 15) is 13.2 Å². The largest absolute Gasteiger partial charge is 0.477 e. The van der Waals surface area contributed by atoms with Crippen LogP contribution in [-0.4, -0.2) is 19.5 Å². The van der Waals surface area contributed by atoms with Gasteiger partial charge in [0, 0.05) is 20.8 Å². The van der Waals surface area contributed by atoms with E-state index in [1.165, 1.54) is 17.4 Å². The van der Waals surface area contributed by atoms with Crippen LogP contribution in [0.15, 0.2) is 26.9 Å². The van der Waals surface area contributed by atoms with Gasteiger partial charge in [-0.25, -0.2) is 17.9 Å². The van der Waals surface area contributed by atoms with Crippen molar-refractivity contribution in [3.63, 3.8) is 0 Å². The van der Waals surface area contributed by atoms with Gasteiger partial charge in [0.2, 0.25) is 10.0 Å². The molecule has 0 saturated heterocycles. The summed E-state index contributed by atoms with van der Waals surface area (Å²) < 4.78 is 27.7. The van der Waals surface area contributed by atoms with Crippen LogP contribution in [0.25, 0.3) is 0 Å². The minimum absolute atomic E-state index is 0.0141. The number of sulfonamides is 1. The molecule has 108 valence electrons. The van der Waals surface area contributed by atoms with E-state index in [0.717, 1.165) is 20.7 Å². The summed E-state index contributed by atoms with van der Waals surface area (Å²) in [7, 11) is -3.71. The summed E-state index contributed by atoms with van der Waals surface area (Å²) >= 11 is 5.71. The lowest BCUT2D eigenvalue weighted by molar-refractivity contribution is 0.0702. The second kappa shape index (κ2) is 5.94. The predicted molar refractivity (Wildman–Crippen MR) is 82.1 cm³/mol. The standard InChI is InChI=1S/C11H10BrNO4S3/c1-6-10(4-8(19-6)11(14)15)20(16,17)13-5-9-7(12)2-3-18-9/h2-4,13H,5H2,1H3,(H,14,15). The maximum absolute atomic E-state index is 12.2. The summed E-state index contributed by atoms with van der Waals surface area (Å²) in [5, 5.41) is 10.7. The molecule has 20 heavy (non-hydrogen) atoms. The zero-order chi connectivity index (χ0) is 14.9. The molecule has 0 spiro atoms. The molecule has 0 fully saturated rings. The fourth-order valence-corrected chi connectivity index (χ4v) is 5.47. The van der Waals surface area contributed by atoms with Gasteiger partial charge in [0.05, 0.1) is 4.90 Å². The first-order chi connectivity index (χ1) is 9.31. The molecule has 0 bridgehead atoms. The minimum Gasteiger partial charge on any atom is -0.477 e. The van der Waals surface area contributed by atoms with E-state index in [1.807, 2.05) is 11.4 Å². The molecule has 2 N–H and O–H groups in total. The summed E-state index contributed by atoms with van der Waals surface area (Å²) in [5.74, 6) is -1.12. The van der Waals surface area contributed by atoms with Gasteiger partial charge < -0.3 is 5.11 Å². The molecule has 9 heteroatoms. The Morgan fingerprint density at radius 3 is 2.70 bits per heavy atom. The highest BCUT2D eigenvalue weighted by Gasteiger charge is 2.22. The summed E-state index contributed by atoms with van der Waals surface area (Å²) in [6.07, 6.45) is 0. The van der Waals surface area contributed by atoms with Crippen molar-refractivity contribution in [3.8, 4) is 0 Å². The molecule has 0 aliphatic carbocycles. The zero-order valence-electron chi connectivity index (χ0n) is 10.2. The van der Waals surface area contributed by atoms with Crippen LogP contribution >= 0.6 is 38.6 Å². The smallest absolute Gasteiger partial charge is 0.345 e. The Balaban J connectivity index is 2.22. The summed E-state index contributed by atoms with van der Waals surface area (Å²) in [6, 6.07) is 3.03. The van der Waals surface area contributed by atoms with Gasteiger partial charge in [0.25, 0.3) is 0 Å². The van der Waals surface area contributed by atoms with Crippen LogP contribution < -0.4 is 4.72 Å². The molecule has 0 amide bonds. The molecule has 0 atom stereocenters. The van der Waals surface area contributed by atoms with E-state index < -0.39 is 16.0 Å². The van der Waals surface area contributed by atoms with Gasteiger partial charge in [0.1, 0.15) is 4.88 Å². The molecular formula is C11H10BrNO4S3. The van der Waals surface area contributed by atoms with Crippen LogP contribution in [-0.2, 0) is 16.6 Å². The number of carboxylic acid groups (broad SMARTS) is 1. The van der Waals surface area contributed by atoms with Gasteiger partial charge in [0.15, 0.2) is 0 Å². The first-order valence-electron chi connectivity index (χ1n) is 5.36. The van der Waals surface area contributed by atoms with Gasteiger partial charge in [-0.15, -0.1) is 22.7 Å². The van der Waals surface area contributed by atoms with Gasteiger partial charge >= 0.3 is 5.97 Å². The Morgan fingerprint density at radius 2 is 2.20 bits per heavy atom. The number of thiophene rings is 2. The van der Waals surface area contributed by atoms with Gasteiger partial charge in [-0.2, -0.15) is 0 Å². The van der Waals surface area contributed by atoms with E-state index in [0.29, 0.717) is 4.88 Å². The van der Waals surface area contributed by atoms with Crippen LogP contribution in [0.1, 0.15) is 19.4 Å². The molecule has 0 aromatic carbocycles. The Bertz CT molecular complexity index is 748. The normalized spacial score (nSPS) is 11.7. The minimum atomic E-state index is -3.71. The average Bonchev–Trinajstić information content (AvgIpc) is 2.93. The lowest BCUT2D eigenvalue weighted by atomic mass is 10.4. The highest BCUT2D eigenvalue weighted by molar-refractivity contribution is 9.10. The number of rotatable bonds is 5. The van der Waals surface area contributed by atoms with E-state index in [2.05, 4.69) is 20.7 Å². The van der Waals surface area contributed by atoms with Crippen LogP contribution in [0.4, 0.5) is 0 Å². The molecule has 2 heterocycles. The Morgan fingerprint density at radius 1 is 1.50 bits per heavy atom. The topological polar surface area (TPSA) is 83.5 Å². The lowest BCUT2D eigenvalue weighted by Crippen LogP contribution is -2.23. The monoisotopic (exact) mass is 395 g/mol. The summed E-state index contributed by atoms with van der Waals surface area (Å²) in [5.41, 5.74) is 0. The van der Waals surface area contributed by atoms with Crippen molar-refractivity contribution >= 4 is 54.6 Å². The average molecular weight is 396 g/mol. The molecule has 0 unspecified atom stereocenters. The van der Waals surface area contributed by atoms with E-state index in [-0.39, 0.29) is 16.3 Å². The third kappa shape index (κ3) is 3.29. The molecular weight excluding hydrogens is 386 g/mol. The molecule has 5 nitrogen and oxygen atoms in total. The first-order valence-corrected chi connectivity index (χ1v) is 9.34. The SMILES string of the molecule is Cc1sc(C(=O)O)cc1S(=O)(=O)NCc1sccc1Br. The second-order valence-electron chi connectivity index (χ2n) is 3.85. The number of nitrogens with one attached hydrogen (secondary N) is 1. The van der Waals surface area contributed by atoms with E-state index in [1.54, 1.807) is 6.92 Å². The highest BCUT2D eigenvalue weighted by Crippen LogP contribution is 2.27. The quantitative estimate of drug-likeness (QED) is 0.814. The number of carbonyl (C=O) groups is 1. The lowest BCUT2D eigenvalue weighted by Gasteiger charge is -2.05. The fraction of sp³-hybridized carbons (Fsp3) is 0.182. The van der Waals surface area contributed by atoms with Crippen molar-refractivity contribution in [1.82, 2.24) is 4.72 Å². The third-order valence-electron chi connectivity index (χ3n) is 2.49. The molecule has 0 saturated carbocycles. The number of aryl methyl sites for hydroxylation is 1. The molecule has 2 aromatic rings. The third-order valence-corrected chi connectivity index (χ3v) is 7.11. The van der Waals surface area contributed by atoms with Crippen LogP contribution in [0.2, 0.25) is 0 Å². The number of hydrogen-bond donors (Lipinski definition) is 2. The summed E-state index contributed by atoms with van der Waals surface area (Å²) in [4.78, 5) is 12.2. The van der Waals surface area contributed by atoms with Crippen LogP contribution in [0.5, 0.6) is 0 Å². The second-order valence-corrected chi connectivity index (χ2v) is 8.70.